The molecule has 0 radical (unpaired) electrons. The SMILES string of the molecule is CCC(CC)C(=O)NCC1(c2ccc(Cl)cc2)CC1. The lowest BCUT2D eigenvalue weighted by Crippen LogP contribution is -2.36. The number of halogens is 1. The second-order valence-electron chi connectivity index (χ2n) is 5.52. The van der Waals surface area contributed by atoms with E-state index < -0.39 is 0 Å². The first-order valence-electron chi connectivity index (χ1n) is 7.15. The summed E-state index contributed by atoms with van der Waals surface area (Å²) >= 11 is 5.92. The third-order valence-corrected chi connectivity index (χ3v) is 4.52. The fourth-order valence-corrected chi connectivity index (χ4v) is 2.71. The highest BCUT2D eigenvalue weighted by Crippen LogP contribution is 2.47. The highest BCUT2D eigenvalue weighted by atomic mass is 35.5. The van der Waals surface area contributed by atoms with Gasteiger partial charge in [-0.05, 0) is 43.4 Å². The third-order valence-electron chi connectivity index (χ3n) is 4.27. The Kier molecular flexibility index (Phi) is 4.51. The lowest BCUT2D eigenvalue weighted by Gasteiger charge is -2.19. The molecule has 1 aromatic carbocycles. The highest BCUT2D eigenvalue weighted by Gasteiger charge is 2.44. The van der Waals surface area contributed by atoms with Crippen molar-refractivity contribution in [2.45, 2.75) is 44.9 Å². The molecule has 104 valence electrons. The van der Waals surface area contributed by atoms with Gasteiger partial charge in [-0.2, -0.15) is 0 Å². The molecule has 1 aliphatic carbocycles. The molecule has 1 saturated carbocycles. The van der Waals surface area contributed by atoms with E-state index >= 15 is 0 Å². The molecule has 1 amide bonds. The number of hydrogen-bond acceptors (Lipinski definition) is 1. The van der Waals surface area contributed by atoms with Crippen LogP contribution in [-0.4, -0.2) is 12.5 Å². The summed E-state index contributed by atoms with van der Waals surface area (Å²) in [5.41, 5.74) is 1.45. The maximum absolute atomic E-state index is 12.0. The Balaban J connectivity index is 1.95. The number of amides is 1. The second-order valence-corrected chi connectivity index (χ2v) is 5.95. The van der Waals surface area contributed by atoms with E-state index in [9.17, 15) is 4.79 Å². The van der Waals surface area contributed by atoms with Crippen molar-refractivity contribution in [3.63, 3.8) is 0 Å². The van der Waals surface area contributed by atoms with Gasteiger partial charge in [0.2, 0.25) is 5.91 Å². The molecule has 0 heterocycles. The topological polar surface area (TPSA) is 29.1 Å². The van der Waals surface area contributed by atoms with Crippen molar-refractivity contribution in [3.05, 3.63) is 34.9 Å². The molecule has 0 spiro atoms. The Labute approximate surface area is 120 Å². The quantitative estimate of drug-likeness (QED) is 0.840. The lowest BCUT2D eigenvalue weighted by molar-refractivity contribution is -0.125. The third kappa shape index (κ3) is 3.30. The van der Waals surface area contributed by atoms with E-state index in [-0.39, 0.29) is 17.2 Å². The molecule has 2 nitrogen and oxygen atoms in total. The summed E-state index contributed by atoms with van der Waals surface area (Å²) in [5.74, 6) is 0.353. The minimum Gasteiger partial charge on any atom is -0.355 e. The fourth-order valence-electron chi connectivity index (χ4n) is 2.58. The van der Waals surface area contributed by atoms with Crippen molar-refractivity contribution in [2.75, 3.05) is 6.54 Å². The second kappa shape index (κ2) is 5.96. The van der Waals surface area contributed by atoms with Crippen LogP contribution in [0, 0.1) is 5.92 Å². The van der Waals surface area contributed by atoms with Crippen LogP contribution in [0.5, 0.6) is 0 Å². The molecule has 0 unspecified atom stereocenters. The van der Waals surface area contributed by atoms with E-state index in [1.54, 1.807) is 0 Å². The predicted molar refractivity (Wildman–Crippen MR) is 79.4 cm³/mol. The van der Waals surface area contributed by atoms with Gasteiger partial charge in [0, 0.05) is 22.9 Å². The van der Waals surface area contributed by atoms with E-state index in [1.807, 2.05) is 12.1 Å². The Morgan fingerprint density at radius 2 is 1.84 bits per heavy atom. The van der Waals surface area contributed by atoms with Crippen LogP contribution >= 0.6 is 11.6 Å². The van der Waals surface area contributed by atoms with Gasteiger partial charge in [-0.25, -0.2) is 0 Å². The van der Waals surface area contributed by atoms with Crippen LogP contribution < -0.4 is 5.32 Å². The molecule has 2 rings (SSSR count). The molecule has 0 aromatic heterocycles. The van der Waals surface area contributed by atoms with Crippen molar-refractivity contribution in [1.29, 1.82) is 0 Å². The van der Waals surface area contributed by atoms with Gasteiger partial charge in [0.15, 0.2) is 0 Å². The van der Waals surface area contributed by atoms with Gasteiger partial charge < -0.3 is 5.32 Å². The van der Waals surface area contributed by atoms with Gasteiger partial charge in [0.1, 0.15) is 0 Å². The van der Waals surface area contributed by atoms with Crippen LogP contribution in [-0.2, 0) is 10.2 Å². The Bertz CT molecular complexity index is 433. The van der Waals surface area contributed by atoms with Crippen LogP contribution in [0.2, 0.25) is 5.02 Å². The zero-order valence-corrected chi connectivity index (χ0v) is 12.5. The molecular formula is C16H22ClNO. The van der Waals surface area contributed by atoms with Gasteiger partial charge in [0.25, 0.3) is 0 Å². The van der Waals surface area contributed by atoms with Gasteiger partial charge in [-0.3, -0.25) is 4.79 Å². The van der Waals surface area contributed by atoms with E-state index in [2.05, 4.69) is 31.3 Å². The van der Waals surface area contributed by atoms with Gasteiger partial charge in [-0.1, -0.05) is 37.6 Å². The first kappa shape index (κ1) is 14.4. The number of carbonyl (C=O) groups excluding carboxylic acids is 1. The summed E-state index contributed by atoms with van der Waals surface area (Å²) in [6, 6.07) is 8.02. The molecular weight excluding hydrogens is 258 g/mol. The van der Waals surface area contributed by atoms with Crippen molar-refractivity contribution in [1.82, 2.24) is 5.32 Å². The number of nitrogens with one attached hydrogen (secondary N) is 1. The molecule has 1 aromatic rings. The largest absolute Gasteiger partial charge is 0.355 e. The van der Waals surface area contributed by atoms with Crippen LogP contribution in [0.4, 0.5) is 0 Å². The van der Waals surface area contributed by atoms with E-state index in [4.69, 9.17) is 11.6 Å². The van der Waals surface area contributed by atoms with Crippen molar-refractivity contribution in [3.8, 4) is 0 Å². The zero-order chi connectivity index (χ0) is 13.9. The first-order valence-corrected chi connectivity index (χ1v) is 7.53. The first-order chi connectivity index (χ1) is 9.11. The number of rotatable bonds is 6. The van der Waals surface area contributed by atoms with E-state index in [0.29, 0.717) is 0 Å². The minimum atomic E-state index is 0.154. The van der Waals surface area contributed by atoms with Gasteiger partial charge in [-0.15, -0.1) is 0 Å². The molecule has 0 atom stereocenters. The summed E-state index contributed by atoms with van der Waals surface area (Å²) in [5, 5.41) is 3.89. The summed E-state index contributed by atoms with van der Waals surface area (Å²) in [7, 11) is 0. The minimum absolute atomic E-state index is 0.154. The van der Waals surface area contributed by atoms with Crippen LogP contribution in [0.3, 0.4) is 0 Å². The van der Waals surface area contributed by atoms with Crippen molar-refractivity contribution >= 4 is 17.5 Å². The molecule has 0 bridgehead atoms. The fraction of sp³-hybridized carbons (Fsp3) is 0.562. The number of hydrogen-bond donors (Lipinski definition) is 1. The van der Waals surface area contributed by atoms with Gasteiger partial charge >= 0.3 is 0 Å². The smallest absolute Gasteiger partial charge is 0.223 e. The highest BCUT2D eigenvalue weighted by molar-refractivity contribution is 6.30. The molecule has 3 heteroatoms. The summed E-state index contributed by atoms with van der Waals surface area (Å²) in [6.07, 6.45) is 4.13. The van der Waals surface area contributed by atoms with Crippen LogP contribution in [0.15, 0.2) is 24.3 Å². The number of carbonyl (C=O) groups is 1. The average molecular weight is 280 g/mol. The van der Waals surface area contributed by atoms with Crippen LogP contribution in [0.25, 0.3) is 0 Å². The van der Waals surface area contributed by atoms with E-state index in [0.717, 1.165) is 37.3 Å². The number of benzene rings is 1. The zero-order valence-electron chi connectivity index (χ0n) is 11.7. The molecule has 0 aliphatic heterocycles. The van der Waals surface area contributed by atoms with Gasteiger partial charge in [0.05, 0.1) is 0 Å². The standard InChI is InChI=1S/C16H22ClNO/c1-3-12(4-2)15(19)18-11-16(9-10-16)13-5-7-14(17)8-6-13/h5-8,12H,3-4,9-11H2,1-2H3,(H,18,19). The van der Waals surface area contributed by atoms with Crippen molar-refractivity contribution < 1.29 is 4.79 Å². The average Bonchev–Trinajstić information content (AvgIpc) is 3.20. The molecule has 1 aliphatic rings. The van der Waals surface area contributed by atoms with E-state index in [1.165, 1.54) is 5.56 Å². The van der Waals surface area contributed by atoms with Crippen molar-refractivity contribution in [2.24, 2.45) is 5.92 Å². The maximum Gasteiger partial charge on any atom is 0.223 e. The molecule has 0 saturated heterocycles. The maximum atomic E-state index is 12.0. The molecule has 1 N–H and O–H groups in total. The molecule has 1 fully saturated rings. The lowest BCUT2D eigenvalue weighted by atomic mass is 9.95. The molecule has 19 heavy (non-hydrogen) atoms. The Morgan fingerprint density at radius 1 is 1.26 bits per heavy atom. The Hall–Kier alpha value is -1.02. The summed E-state index contributed by atoms with van der Waals surface area (Å²) in [6.45, 7) is 4.89. The predicted octanol–water partition coefficient (Wildman–Crippen LogP) is 3.92. The Morgan fingerprint density at radius 3 is 2.32 bits per heavy atom. The monoisotopic (exact) mass is 279 g/mol. The summed E-state index contributed by atoms with van der Waals surface area (Å²) < 4.78 is 0. The normalized spacial score (nSPS) is 16.4. The van der Waals surface area contributed by atoms with Crippen LogP contribution in [0.1, 0.15) is 45.1 Å². The summed E-state index contributed by atoms with van der Waals surface area (Å²) in [4.78, 5) is 12.0.